The van der Waals surface area contributed by atoms with Gasteiger partial charge in [0.15, 0.2) is 5.78 Å². The SMILES string of the molecule is COc1cccc(C=CC(=O)c2c(OC)cc(OC)c(CN3CCCCC3)c2O)c1. The van der Waals surface area contributed by atoms with Gasteiger partial charge in [-0.25, -0.2) is 0 Å². The summed E-state index contributed by atoms with van der Waals surface area (Å²) in [6.07, 6.45) is 6.62. The van der Waals surface area contributed by atoms with Crippen molar-refractivity contribution >= 4 is 11.9 Å². The maximum Gasteiger partial charge on any atom is 0.193 e. The summed E-state index contributed by atoms with van der Waals surface area (Å²) in [6.45, 7) is 2.46. The molecule has 2 aromatic rings. The van der Waals surface area contributed by atoms with Crippen molar-refractivity contribution in [1.82, 2.24) is 4.90 Å². The van der Waals surface area contributed by atoms with Gasteiger partial charge in [0.1, 0.15) is 28.6 Å². The molecule has 1 saturated heterocycles. The van der Waals surface area contributed by atoms with Crippen LogP contribution in [0, 0.1) is 0 Å². The highest BCUT2D eigenvalue weighted by Gasteiger charge is 2.25. The van der Waals surface area contributed by atoms with Crippen LogP contribution in [0.15, 0.2) is 36.4 Å². The van der Waals surface area contributed by atoms with Crippen LogP contribution in [0.1, 0.15) is 40.7 Å². The molecule has 2 aromatic carbocycles. The van der Waals surface area contributed by atoms with Crippen LogP contribution in [0.3, 0.4) is 0 Å². The molecule has 0 saturated carbocycles. The number of likely N-dealkylation sites (tertiary alicyclic amines) is 1. The number of benzene rings is 2. The van der Waals surface area contributed by atoms with Crippen molar-refractivity contribution in [3.8, 4) is 23.0 Å². The number of ether oxygens (including phenoxy) is 3. The van der Waals surface area contributed by atoms with Gasteiger partial charge in [-0.2, -0.15) is 0 Å². The van der Waals surface area contributed by atoms with Crippen LogP contribution in [0.2, 0.25) is 0 Å². The number of hydrogen-bond acceptors (Lipinski definition) is 6. The third kappa shape index (κ3) is 4.94. The second kappa shape index (κ2) is 10.2. The Balaban J connectivity index is 1.94. The van der Waals surface area contributed by atoms with Crippen LogP contribution < -0.4 is 14.2 Å². The molecule has 0 amide bonds. The van der Waals surface area contributed by atoms with E-state index in [1.807, 2.05) is 24.3 Å². The normalized spacial score (nSPS) is 14.6. The second-order valence-corrected chi connectivity index (χ2v) is 7.29. The molecule has 0 aromatic heterocycles. The van der Waals surface area contributed by atoms with Crippen molar-refractivity contribution in [3.63, 3.8) is 0 Å². The van der Waals surface area contributed by atoms with Crippen LogP contribution in [-0.4, -0.2) is 50.2 Å². The molecule has 1 aliphatic heterocycles. The Morgan fingerprint density at radius 2 is 1.77 bits per heavy atom. The molecule has 1 fully saturated rings. The van der Waals surface area contributed by atoms with Gasteiger partial charge in [0.2, 0.25) is 0 Å². The molecule has 0 aliphatic carbocycles. The van der Waals surface area contributed by atoms with Crippen LogP contribution in [0.25, 0.3) is 6.08 Å². The summed E-state index contributed by atoms with van der Waals surface area (Å²) in [4.78, 5) is 15.3. The van der Waals surface area contributed by atoms with Gasteiger partial charge in [-0.1, -0.05) is 24.6 Å². The zero-order chi connectivity index (χ0) is 21.5. The van der Waals surface area contributed by atoms with Crippen molar-refractivity contribution in [2.75, 3.05) is 34.4 Å². The van der Waals surface area contributed by atoms with Crippen molar-refractivity contribution in [3.05, 3.63) is 53.1 Å². The van der Waals surface area contributed by atoms with Crippen molar-refractivity contribution in [2.24, 2.45) is 0 Å². The van der Waals surface area contributed by atoms with E-state index >= 15 is 0 Å². The number of carbonyl (C=O) groups excluding carboxylic acids is 1. The summed E-state index contributed by atoms with van der Waals surface area (Å²) in [5.41, 5.74) is 1.57. The molecule has 6 heteroatoms. The molecule has 0 radical (unpaired) electrons. The summed E-state index contributed by atoms with van der Waals surface area (Å²) in [6, 6.07) is 9.07. The molecule has 1 N–H and O–H groups in total. The maximum atomic E-state index is 13.0. The lowest BCUT2D eigenvalue weighted by molar-refractivity contribution is 0.104. The number of rotatable bonds is 8. The molecule has 30 heavy (non-hydrogen) atoms. The molecular formula is C24H29NO5. The zero-order valence-corrected chi connectivity index (χ0v) is 17.8. The van der Waals surface area contributed by atoms with Gasteiger partial charge in [0.05, 0.1) is 26.9 Å². The predicted molar refractivity (Wildman–Crippen MR) is 117 cm³/mol. The average Bonchev–Trinajstić information content (AvgIpc) is 2.79. The largest absolute Gasteiger partial charge is 0.507 e. The van der Waals surface area contributed by atoms with Gasteiger partial charge in [-0.3, -0.25) is 9.69 Å². The second-order valence-electron chi connectivity index (χ2n) is 7.29. The van der Waals surface area contributed by atoms with Gasteiger partial charge < -0.3 is 19.3 Å². The van der Waals surface area contributed by atoms with E-state index in [9.17, 15) is 9.90 Å². The number of ketones is 1. The number of carbonyl (C=O) groups is 1. The minimum atomic E-state index is -0.338. The lowest BCUT2D eigenvalue weighted by Crippen LogP contribution is -2.29. The first-order chi connectivity index (χ1) is 14.6. The first kappa shape index (κ1) is 21.7. The monoisotopic (exact) mass is 411 g/mol. The molecular weight excluding hydrogens is 382 g/mol. The number of piperidine rings is 1. The standard InChI is InChI=1S/C24H29NO5/c1-28-18-9-7-8-17(14-18)10-11-20(26)23-22(30-3)15-21(29-2)19(24(23)27)16-25-12-5-4-6-13-25/h7-11,14-15,27H,4-6,12-13,16H2,1-3H3. The molecule has 160 valence electrons. The average molecular weight is 411 g/mol. The predicted octanol–water partition coefficient (Wildman–Crippen LogP) is 4.30. The van der Waals surface area contributed by atoms with Gasteiger partial charge in [0.25, 0.3) is 0 Å². The van der Waals surface area contributed by atoms with Crippen molar-refractivity contribution < 1.29 is 24.1 Å². The lowest BCUT2D eigenvalue weighted by Gasteiger charge is -2.28. The number of phenols is 1. The highest BCUT2D eigenvalue weighted by Crippen LogP contribution is 2.40. The highest BCUT2D eigenvalue weighted by molar-refractivity contribution is 6.11. The molecule has 6 nitrogen and oxygen atoms in total. The molecule has 1 aliphatic rings. The number of aromatic hydroxyl groups is 1. The third-order valence-electron chi connectivity index (χ3n) is 5.37. The van der Waals surface area contributed by atoms with Gasteiger partial charge >= 0.3 is 0 Å². The smallest absolute Gasteiger partial charge is 0.193 e. The minimum Gasteiger partial charge on any atom is -0.507 e. The molecule has 0 bridgehead atoms. The minimum absolute atomic E-state index is 0.0861. The lowest BCUT2D eigenvalue weighted by atomic mass is 10.0. The highest BCUT2D eigenvalue weighted by atomic mass is 16.5. The Kier molecular flexibility index (Phi) is 7.36. The molecule has 0 unspecified atom stereocenters. The third-order valence-corrected chi connectivity index (χ3v) is 5.37. The van der Waals surface area contributed by atoms with E-state index in [4.69, 9.17) is 14.2 Å². The van der Waals surface area contributed by atoms with E-state index in [-0.39, 0.29) is 22.8 Å². The van der Waals surface area contributed by atoms with Crippen molar-refractivity contribution in [1.29, 1.82) is 0 Å². The summed E-state index contributed by atoms with van der Waals surface area (Å²) in [5, 5.41) is 11.0. The van der Waals surface area contributed by atoms with Crippen LogP contribution in [0.5, 0.6) is 23.0 Å². The molecule has 1 heterocycles. The van der Waals surface area contributed by atoms with E-state index in [1.54, 1.807) is 26.4 Å². The number of nitrogens with zero attached hydrogens (tertiary/aromatic N) is 1. The number of phenolic OH excluding ortho intramolecular Hbond substituents is 1. The number of allylic oxidation sites excluding steroid dienone is 1. The summed E-state index contributed by atoms with van der Waals surface area (Å²) < 4.78 is 16.1. The topological polar surface area (TPSA) is 68.2 Å². The van der Waals surface area contributed by atoms with E-state index < -0.39 is 0 Å². The first-order valence-electron chi connectivity index (χ1n) is 10.1. The van der Waals surface area contributed by atoms with E-state index in [0.717, 1.165) is 31.5 Å². The van der Waals surface area contributed by atoms with E-state index in [0.29, 0.717) is 23.6 Å². The summed E-state index contributed by atoms with van der Waals surface area (Å²) >= 11 is 0. The van der Waals surface area contributed by atoms with E-state index in [1.165, 1.54) is 19.6 Å². The van der Waals surface area contributed by atoms with Crippen molar-refractivity contribution in [2.45, 2.75) is 25.8 Å². The van der Waals surface area contributed by atoms with Gasteiger partial charge in [0, 0.05) is 12.6 Å². The fourth-order valence-corrected chi connectivity index (χ4v) is 3.74. The summed E-state index contributed by atoms with van der Waals surface area (Å²) in [7, 11) is 4.62. The van der Waals surface area contributed by atoms with Crippen LogP contribution >= 0.6 is 0 Å². The molecule has 0 spiro atoms. The Morgan fingerprint density at radius 1 is 1.03 bits per heavy atom. The molecule has 0 atom stereocenters. The molecule has 3 rings (SSSR count). The van der Waals surface area contributed by atoms with Gasteiger partial charge in [-0.15, -0.1) is 0 Å². The van der Waals surface area contributed by atoms with Gasteiger partial charge in [-0.05, 0) is 49.7 Å². The Bertz CT molecular complexity index is 916. The first-order valence-corrected chi connectivity index (χ1v) is 10.1. The maximum absolute atomic E-state index is 13.0. The quantitative estimate of drug-likeness (QED) is 0.516. The Hall–Kier alpha value is -2.99. The number of hydrogen-bond donors (Lipinski definition) is 1. The van der Waals surface area contributed by atoms with Crippen LogP contribution in [-0.2, 0) is 6.54 Å². The fourth-order valence-electron chi connectivity index (χ4n) is 3.74. The Morgan fingerprint density at radius 3 is 2.43 bits per heavy atom. The van der Waals surface area contributed by atoms with Crippen LogP contribution in [0.4, 0.5) is 0 Å². The Labute approximate surface area is 177 Å². The fraction of sp³-hybridized carbons (Fsp3) is 0.375. The van der Waals surface area contributed by atoms with E-state index in [2.05, 4.69) is 4.90 Å². The number of methoxy groups -OCH3 is 3. The zero-order valence-electron chi connectivity index (χ0n) is 17.8. The summed E-state index contributed by atoms with van der Waals surface area (Å²) in [5.74, 6) is 1.08.